The van der Waals surface area contributed by atoms with Gasteiger partial charge in [-0.05, 0) is 30.3 Å². The third-order valence-electron chi connectivity index (χ3n) is 2.67. The van der Waals surface area contributed by atoms with Gasteiger partial charge in [-0.1, -0.05) is 41.5 Å². The minimum Gasteiger partial charge on any atom is -0.389 e. The first-order chi connectivity index (χ1) is 9.88. The number of benzene rings is 2. The Kier molecular flexibility index (Phi) is 4.77. The molecule has 0 saturated carbocycles. The fourth-order valence-corrected chi connectivity index (χ4v) is 2.18. The number of rotatable bonds is 3. The van der Waals surface area contributed by atoms with Crippen molar-refractivity contribution < 1.29 is 9.18 Å². The molecule has 21 heavy (non-hydrogen) atoms. The van der Waals surface area contributed by atoms with E-state index in [2.05, 4.69) is 5.32 Å². The maximum atomic E-state index is 13.0. The van der Waals surface area contributed by atoms with E-state index in [-0.39, 0.29) is 15.6 Å². The van der Waals surface area contributed by atoms with Crippen LogP contribution < -0.4 is 11.1 Å². The van der Waals surface area contributed by atoms with E-state index in [1.807, 2.05) is 0 Å². The van der Waals surface area contributed by atoms with Crippen LogP contribution in [-0.2, 0) is 0 Å². The molecule has 0 fully saturated rings. The monoisotopic (exact) mass is 342 g/mol. The molecular formula is C14H9Cl2FN2OS. The molecule has 0 unspecified atom stereocenters. The summed E-state index contributed by atoms with van der Waals surface area (Å²) in [6.45, 7) is 0. The van der Waals surface area contributed by atoms with E-state index in [1.165, 1.54) is 6.07 Å². The first kappa shape index (κ1) is 15.7. The molecule has 0 atom stereocenters. The molecular weight excluding hydrogens is 334 g/mol. The van der Waals surface area contributed by atoms with Gasteiger partial charge in [-0.3, -0.25) is 4.79 Å². The molecule has 3 nitrogen and oxygen atoms in total. The molecule has 3 N–H and O–H groups in total. The molecule has 0 saturated heterocycles. The summed E-state index contributed by atoms with van der Waals surface area (Å²) in [6.07, 6.45) is 0. The van der Waals surface area contributed by atoms with Gasteiger partial charge in [0.15, 0.2) is 0 Å². The summed E-state index contributed by atoms with van der Waals surface area (Å²) in [7, 11) is 0. The molecule has 0 spiro atoms. The van der Waals surface area contributed by atoms with Crippen molar-refractivity contribution in [2.45, 2.75) is 0 Å². The Morgan fingerprint density at radius 3 is 2.48 bits per heavy atom. The summed E-state index contributed by atoms with van der Waals surface area (Å²) in [5.41, 5.74) is 6.57. The van der Waals surface area contributed by atoms with Crippen molar-refractivity contribution >= 4 is 52.0 Å². The molecule has 0 heterocycles. The summed E-state index contributed by atoms with van der Waals surface area (Å²) in [6, 6.07) is 8.26. The smallest absolute Gasteiger partial charge is 0.257 e. The van der Waals surface area contributed by atoms with Crippen LogP contribution in [-0.4, -0.2) is 10.9 Å². The van der Waals surface area contributed by atoms with Crippen molar-refractivity contribution in [2.24, 2.45) is 5.73 Å². The van der Waals surface area contributed by atoms with Gasteiger partial charge in [0.1, 0.15) is 10.8 Å². The van der Waals surface area contributed by atoms with E-state index in [1.54, 1.807) is 18.2 Å². The molecule has 0 aromatic heterocycles. The van der Waals surface area contributed by atoms with Crippen molar-refractivity contribution in [1.82, 2.24) is 0 Å². The van der Waals surface area contributed by atoms with Crippen LogP contribution in [0.15, 0.2) is 36.4 Å². The molecule has 2 aromatic carbocycles. The second-order valence-corrected chi connectivity index (χ2v) is 5.39. The van der Waals surface area contributed by atoms with Gasteiger partial charge >= 0.3 is 0 Å². The van der Waals surface area contributed by atoms with Gasteiger partial charge in [0.25, 0.3) is 5.91 Å². The van der Waals surface area contributed by atoms with E-state index in [4.69, 9.17) is 41.2 Å². The summed E-state index contributed by atoms with van der Waals surface area (Å²) in [5, 5.41) is 2.92. The zero-order valence-corrected chi connectivity index (χ0v) is 12.8. The zero-order chi connectivity index (χ0) is 15.6. The van der Waals surface area contributed by atoms with Gasteiger partial charge in [0.2, 0.25) is 0 Å². The van der Waals surface area contributed by atoms with Crippen LogP contribution in [0.2, 0.25) is 10.0 Å². The highest BCUT2D eigenvalue weighted by Crippen LogP contribution is 2.25. The van der Waals surface area contributed by atoms with Crippen LogP contribution in [0, 0.1) is 5.82 Å². The Morgan fingerprint density at radius 1 is 1.14 bits per heavy atom. The number of nitrogens with two attached hydrogens (primary N) is 1. The Balaban J connectivity index is 2.31. The van der Waals surface area contributed by atoms with Crippen LogP contribution in [0.25, 0.3) is 0 Å². The standard InChI is InChI=1S/C14H9Cl2FN2OS/c15-10-4-1-7(13(18)21)5-12(10)19-14(20)9-3-2-8(17)6-11(9)16/h1-6H,(H2,18,21)(H,19,20). The predicted molar refractivity (Wildman–Crippen MR) is 86.7 cm³/mol. The quantitative estimate of drug-likeness (QED) is 0.828. The molecule has 2 rings (SSSR count). The molecule has 0 bridgehead atoms. The van der Waals surface area contributed by atoms with Gasteiger partial charge in [0.05, 0.1) is 21.3 Å². The van der Waals surface area contributed by atoms with Gasteiger partial charge in [-0.25, -0.2) is 4.39 Å². The lowest BCUT2D eigenvalue weighted by Crippen LogP contribution is -2.14. The second kappa shape index (κ2) is 6.39. The normalized spacial score (nSPS) is 10.2. The minimum atomic E-state index is -0.523. The lowest BCUT2D eigenvalue weighted by molar-refractivity contribution is 0.102. The van der Waals surface area contributed by atoms with Gasteiger partial charge in [-0.15, -0.1) is 0 Å². The van der Waals surface area contributed by atoms with Gasteiger partial charge < -0.3 is 11.1 Å². The van der Waals surface area contributed by atoms with Gasteiger partial charge in [0, 0.05) is 5.56 Å². The van der Waals surface area contributed by atoms with E-state index in [0.717, 1.165) is 12.1 Å². The van der Waals surface area contributed by atoms with Crippen molar-refractivity contribution in [1.29, 1.82) is 0 Å². The number of anilines is 1. The molecule has 0 aliphatic carbocycles. The Morgan fingerprint density at radius 2 is 1.86 bits per heavy atom. The van der Waals surface area contributed by atoms with Crippen molar-refractivity contribution in [3.05, 3.63) is 63.4 Å². The summed E-state index contributed by atoms with van der Waals surface area (Å²) >= 11 is 16.7. The maximum Gasteiger partial charge on any atom is 0.257 e. The maximum absolute atomic E-state index is 13.0. The first-order valence-electron chi connectivity index (χ1n) is 5.74. The van der Waals surface area contributed by atoms with E-state index < -0.39 is 11.7 Å². The number of nitrogens with one attached hydrogen (secondary N) is 1. The molecule has 0 aliphatic rings. The number of hydrogen-bond acceptors (Lipinski definition) is 2. The average molecular weight is 343 g/mol. The molecule has 7 heteroatoms. The largest absolute Gasteiger partial charge is 0.389 e. The van der Waals surface area contributed by atoms with E-state index >= 15 is 0 Å². The minimum absolute atomic E-state index is 0.00845. The zero-order valence-electron chi connectivity index (χ0n) is 10.5. The van der Waals surface area contributed by atoms with Crippen molar-refractivity contribution in [3.8, 4) is 0 Å². The summed E-state index contributed by atoms with van der Waals surface area (Å²) in [5.74, 6) is -1.04. The topological polar surface area (TPSA) is 55.1 Å². The number of halogens is 3. The lowest BCUT2D eigenvalue weighted by atomic mass is 10.1. The molecule has 0 aliphatic heterocycles. The fraction of sp³-hybridized carbons (Fsp3) is 0. The highest BCUT2D eigenvalue weighted by atomic mass is 35.5. The lowest BCUT2D eigenvalue weighted by Gasteiger charge is -2.10. The van der Waals surface area contributed by atoms with Crippen LogP contribution in [0.5, 0.6) is 0 Å². The van der Waals surface area contributed by atoms with Crippen LogP contribution in [0.4, 0.5) is 10.1 Å². The van der Waals surface area contributed by atoms with E-state index in [0.29, 0.717) is 16.3 Å². The summed E-state index contributed by atoms with van der Waals surface area (Å²) in [4.78, 5) is 12.3. The highest BCUT2D eigenvalue weighted by Gasteiger charge is 2.13. The number of carbonyl (C=O) groups is 1. The molecule has 108 valence electrons. The fourth-order valence-electron chi connectivity index (χ4n) is 1.64. The van der Waals surface area contributed by atoms with Crippen LogP contribution in [0.1, 0.15) is 15.9 Å². The number of thiocarbonyl (C=S) groups is 1. The molecule has 1 amide bonds. The predicted octanol–water partition coefficient (Wildman–Crippen LogP) is 4.02. The summed E-state index contributed by atoms with van der Waals surface area (Å²) < 4.78 is 13.0. The average Bonchev–Trinajstić information content (AvgIpc) is 2.40. The molecule has 2 aromatic rings. The second-order valence-electron chi connectivity index (χ2n) is 4.14. The van der Waals surface area contributed by atoms with Crippen molar-refractivity contribution in [2.75, 3.05) is 5.32 Å². The van der Waals surface area contributed by atoms with Crippen molar-refractivity contribution in [3.63, 3.8) is 0 Å². The molecule has 0 radical (unpaired) electrons. The number of amides is 1. The van der Waals surface area contributed by atoms with Crippen LogP contribution >= 0.6 is 35.4 Å². The van der Waals surface area contributed by atoms with E-state index in [9.17, 15) is 9.18 Å². The third kappa shape index (κ3) is 3.69. The third-order valence-corrected chi connectivity index (χ3v) is 3.55. The first-order valence-corrected chi connectivity index (χ1v) is 6.90. The highest BCUT2D eigenvalue weighted by molar-refractivity contribution is 7.80. The Hall–Kier alpha value is -1.69. The Bertz CT molecular complexity index is 737. The van der Waals surface area contributed by atoms with Crippen LogP contribution in [0.3, 0.4) is 0 Å². The number of carbonyl (C=O) groups excluding carboxylic acids is 1. The Labute approximate surface area is 135 Å². The SMILES string of the molecule is NC(=S)c1ccc(Cl)c(NC(=O)c2ccc(F)cc2Cl)c1. The number of hydrogen-bond donors (Lipinski definition) is 2. The van der Waals surface area contributed by atoms with Gasteiger partial charge in [-0.2, -0.15) is 0 Å².